The number of methoxy groups -OCH3 is 2. The number of aromatic nitrogens is 1. The summed E-state index contributed by atoms with van der Waals surface area (Å²) in [7, 11) is 3.46. The molecule has 0 saturated carbocycles. The minimum atomic E-state index is 0.774. The number of aryl methyl sites for hydroxylation is 1. The van der Waals surface area contributed by atoms with Gasteiger partial charge in [0.25, 0.3) is 0 Å². The average Bonchev–Trinajstić information content (AvgIpc) is 3.03. The molecule has 0 spiro atoms. The van der Waals surface area contributed by atoms with Crippen molar-refractivity contribution in [1.29, 1.82) is 0 Å². The Bertz CT molecular complexity index is 1070. The molecule has 0 radical (unpaired) electrons. The van der Waals surface area contributed by atoms with Crippen molar-refractivity contribution in [1.82, 2.24) is 14.8 Å². The summed E-state index contributed by atoms with van der Waals surface area (Å²) >= 11 is 0. The van der Waals surface area contributed by atoms with Gasteiger partial charge in [-0.15, -0.1) is 0 Å². The van der Waals surface area contributed by atoms with E-state index in [1.807, 2.05) is 0 Å². The number of hydrogen-bond acceptors (Lipinski definition) is 4. The number of fused-ring (bicyclic) bond motifs is 2. The van der Waals surface area contributed by atoms with Gasteiger partial charge >= 0.3 is 0 Å². The van der Waals surface area contributed by atoms with Crippen molar-refractivity contribution in [3.05, 3.63) is 59.3 Å². The van der Waals surface area contributed by atoms with Crippen LogP contribution in [0.5, 0.6) is 11.5 Å². The van der Waals surface area contributed by atoms with Crippen molar-refractivity contribution in [2.75, 3.05) is 53.5 Å². The Kier molecular flexibility index (Phi) is 7.95. The van der Waals surface area contributed by atoms with E-state index in [0.29, 0.717) is 0 Å². The van der Waals surface area contributed by atoms with E-state index in [1.165, 1.54) is 79.5 Å². The molecule has 0 aliphatic carbocycles. The van der Waals surface area contributed by atoms with Crippen molar-refractivity contribution in [3.63, 3.8) is 0 Å². The number of nitrogens with one attached hydrogen (secondary N) is 1. The predicted octanol–water partition coefficient (Wildman–Crippen LogP) is 5.32. The van der Waals surface area contributed by atoms with E-state index in [4.69, 9.17) is 9.47 Å². The highest BCUT2D eigenvalue weighted by Crippen LogP contribution is 2.32. The Balaban J connectivity index is 1.14. The highest BCUT2D eigenvalue weighted by atomic mass is 16.5. The topological polar surface area (TPSA) is 40.7 Å². The smallest absolute Gasteiger partial charge is 0.161 e. The Morgan fingerprint density at radius 1 is 0.914 bits per heavy atom. The molecular weight excluding hydrogens is 434 g/mol. The van der Waals surface area contributed by atoms with Crippen molar-refractivity contribution in [3.8, 4) is 11.5 Å². The van der Waals surface area contributed by atoms with Gasteiger partial charge in [0.1, 0.15) is 0 Å². The van der Waals surface area contributed by atoms with Crippen molar-refractivity contribution in [2.45, 2.75) is 44.9 Å². The molecule has 0 amide bonds. The molecule has 1 atom stereocenters. The number of likely N-dealkylation sites (tertiary alicyclic amines) is 1. The van der Waals surface area contributed by atoms with E-state index in [2.05, 4.69) is 57.4 Å². The molecule has 1 unspecified atom stereocenters. The number of aromatic amines is 1. The van der Waals surface area contributed by atoms with Crippen LogP contribution in [0, 0.1) is 5.92 Å². The molecule has 1 aromatic heterocycles. The SMILES string of the molecule is COc1cc2c(cc1OC)CCN(CC1CCCCN(CCCc3c[nH]c4ccccc34)C1)CC2. The maximum atomic E-state index is 5.55. The molecule has 5 nitrogen and oxygen atoms in total. The average molecular weight is 476 g/mol. The van der Waals surface area contributed by atoms with Gasteiger partial charge in [0.05, 0.1) is 14.2 Å². The van der Waals surface area contributed by atoms with E-state index in [-0.39, 0.29) is 0 Å². The maximum Gasteiger partial charge on any atom is 0.161 e. The van der Waals surface area contributed by atoms with Crippen LogP contribution in [0.4, 0.5) is 0 Å². The summed E-state index contributed by atoms with van der Waals surface area (Å²) in [6.45, 7) is 7.22. The van der Waals surface area contributed by atoms with Crippen molar-refractivity contribution < 1.29 is 9.47 Å². The number of rotatable bonds is 8. The largest absolute Gasteiger partial charge is 0.493 e. The number of nitrogens with zero attached hydrogens (tertiary/aromatic N) is 2. The van der Waals surface area contributed by atoms with Gasteiger partial charge in [-0.25, -0.2) is 0 Å². The molecule has 1 saturated heterocycles. The van der Waals surface area contributed by atoms with Gasteiger partial charge in [-0.1, -0.05) is 24.6 Å². The molecule has 0 bridgehead atoms. The second-order valence-corrected chi connectivity index (χ2v) is 10.4. The van der Waals surface area contributed by atoms with Gasteiger partial charge in [-0.2, -0.15) is 0 Å². The molecule has 2 aromatic carbocycles. The van der Waals surface area contributed by atoms with Gasteiger partial charge in [-0.3, -0.25) is 0 Å². The fraction of sp³-hybridized carbons (Fsp3) is 0.533. The molecule has 2 aliphatic heterocycles. The standard InChI is InChI=1S/C30H41N3O2/c1-34-29-18-24-12-16-33(17-13-25(24)19-30(29)35-2)22-23-8-5-6-14-32(21-23)15-7-9-26-20-31-28-11-4-3-10-27(26)28/h3-4,10-11,18-20,23,31H,5-9,12-17,21-22H2,1-2H3. The minimum absolute atomic E-state index is 0.774. The van der Waals surface area contributed by atoms with Crippen LogP contribution in [-0.2, 0) is 19.3 Å². The molecule has 3 heterocycles. The summed E-state index contributed by atoms with van der Waals surface area (Å²) in [5.41, 5.74) is 5.56. The molecule has 188 valence electrons. The molecule has 1 fully saturated rings. The van der Waals surface area contributed by atoms with Crippen LogP contribution in [0.15, 0.2) is 42.6 Å². The Morgan fingerprint density at radius 3 is 2.40 bits per heavy atom. The summed E-state index contributed by atoms with van der Waals surface area (Å²) in [6, 6.07) is 13.1. The second-order valence-electron chi connectivity index (χ2n) is 10.4. The molecule has 5 rings (SSSR count). The summed E-state index contributed by atoms with van der Waals surface area (Å²) in [4.78, 5) is 8.88. The molecule has 1 N–H and O–H groups in total. The zero-order valence-corrected chi connectivity index (χ0v) is 21.5. The minimum Gasteiger partial charge on any atom is -0.493 e. The lowest BCUT2D eigenvalue weighted by Crippen LogP contribution is -2.37. The van der Waals surface area contributed by atoms with E-state index in [0.717, 1.165) is 49.8 Å². The normalized spacial score (nSPS) is 19.8. The van der Waals surface area contributed by atoms with Crippen LogP contribution >= 0.6 is 0 Å². The zero-order chi connectivity index (χ0) is 24.0. The third-order valence-electron chi connectivity index (χ3n) is 8.07. The predicted molar refractivity (Wildman–Crippen MR) is 144 cm³/mol. The molecule has 35 heavy (non-hydrogen) atoms. The van der Waals surface area contributed by atoms with Gasteiger partial charge in [-0.05, 0) is 92.4 Å². The molecule has 3 aromatic rings. The highest BCUT2D eigenvalue weighted by Gasteiger charge is 2.23. The Labute approximate surface area is 210 Å². The van der Waals surface area contributed by atoms with E-state index in [1.54, 1.807) is 14.2 Å². The number of benzene rings is 2. The summed E-state index contributed by atoms with van der Waals surface area (Å²) in [5, 5.41) is 1.39. The van der Waals surface area contributed by atoms with E-state index < -0.39 is 0 Å². The quantitative estimate of drug-likeness (QED) is 0.479. The van der Waals surface area contributed by atoms with Gasteiger partial charge in [0, 0.05) is 43.3 Å². The maximum absolute atomic E-state index is 5.55. The molecular formula is C30H41N3O2. The number of para-hydroxylation sites is 1. The first-order valence-corrected chi connectivity index (χ1v) is 13.5. The summed E-state index contributed by atoms with van der Waals surface area (Å²) in [5.74, 6) is 2.48. The molecule has 5 heteroatoms. The third-order valence-corrected chi connectivity index (χ3v) is 8.07. The lowest BCUT2D eigenvalue weighted by Gasteiger charge is -2.29. The van der Waals surface area contributed by atoms with Crippen LogP contribution < -0.4 is 9.47 Å². The Morgan fingerprint density at radius 2 is 1.66 bits per heavy atom. The van der Waals surface area contributed by atoms with Gasteiger partial charge in [0.2, 0.25) is 0 Å². The highest BCUT2D eigenvalue weighted by molar-refractivity contribution is 5.83. The lowest BCUT2D eigenvalue weighted by atomic mass is 10.0. The van der Waals surface area contributed by atoms with Gasteiger partial charge in [0.15, 0.2) is 11.5 Å². The van der Waals surface area contributed by atoms with Crippen LogP contribution in [-0.4, -0.2) is 68.3 Å². The monoisotopic (exact) mass is 475 g/mol. The van der Waals surface area contributed by atoms with E-state index in [9.17, 15) is 0 Å². The molecule has 2 aliphatic rings. The first kappa shape index (κ1) is 24.2. The Hall–Kier alpha value is -2.50. The van der Waals surface area contributed by atoms with Crippen LogP contribution in [0.1, 0.15) is 42.4 Å². The third kappa shape index (κ3) is 5.84. The first-order valence-electron chi connectivity index (χ1n) is 13.5. The fourth-order valence-electron chi connectivity index (χ4n) is 6.15. The van der Waals surface area contributed by atoms with E-state index >= 15 is 0 Å². The summed E-state index contributed by atoms with van der Waals surface area (Å²) < 4.78 is 11.1. The summed E-state index contributed by atoms with van der Waals surface area (Å²) in [6.07, 6.45) is 10.9. The van der Waals surface area contributed by atoms with Crippen LogP contribution in [0.3, 0.4) is 0 Å². The van der Waals surface area contributed by atoms with Gasteiger partial charge < -0.3 is 24.3 Å². The number of ether oxygens (including phenoxy) is 2. The second kappa shape index (κ2) is 11.5. The van der Waals surface area contributed by atoms with Crippen molar-refractivity contribution >= 4 is 10.9 Å². The zero-order valence-electron chi connectivity index (χ0n) is 21.5. The fourth-order valence-corrected chi connectivity index (χ4v) is 6.15. The van der Waals surface area contributed by atoms with Crippen molar-refractivity contribution in [2.24, 2.45) is 5.92 Å². The van der Waals surface area contributed by atoms with Crippen LogP contribution in [0.25, 0.3) is 10.9 Å². The number of H-pyrrole nitrogens is 1. The van der Waals surface area contributed by atoms with Crippen LogP contribution in [0.2, 0.25) is 0 Å². The first-order chi connectivity index (χ1) is 17.2. The lowest BCUT2D eigenvalue weighted by molar-refractivity contribution is 0.187. The number of hydrogen-bond donors (Lipinski definition) is 1.